The van der Waals surface area contributed by atoms with Gasteiger partial charge in [0.1, 0.15) is 0 Å². The molecule has 3 rings (SSSR count). The van der Waals surface area contributed by atoms with Crippen molar-refractivity contribution in [1.29, 1.82) is 10.5 Å². The molecule has 2 heteroatoms. The lowest BCUT2D eigenvalue weighted by molar-refractivity contribution is 1.43. The number of nitriles is 2. The molecular weight excluding hydrogens is 280 g/mol. The lowest BCUT2D eigenvalue weighted by Crippen LogP contribution is -1.91. The fraction of sp³-hybridized carbons (Fsp3) is 0.0476. The fourth-order valence-corrected chi connectivity index (χ4v) is 2.76. The third-order valence-corrected chi connectivity index (χ3v) is 3.92. The summed E-state index contributed by atoms with van der Waals surface area (Å²) in [6.45, 7) is 2.07. The van der Waals surface area contributed by atoms with Crippen LogP contribution in [0, 0.1) is 29.6 Å². The van der Waals surface area contributed by atoms with Gasteiger partial charge in [-0.2, -0.15) is 10.5 Å². The summed E-state index contributed by atoms with van der Waals surface area (Å²) in [5.74, 6) is 0. The maximum absolute atomic E-state index is 9.43. The summed E-state index contributed by atoms with van der Waals surface area (Å²) in [5, 5.41) is 18.6. The zero-order chi connectivity index (χ0) is 16.2. The first-order valence-electron chi connectivity index (χ1n) is 7.34. The van der Waals surface area contributed by atoms with E-state index in [1.54, 1.807) is 18.2 Å². The molecule has 0 saturated heterocycles. The molecule has 0 N–H and O–H groups in total. The molecule has 3 aromatic rings. The van der Waals surface area contributed by atoms with Gasteiger partial charge in [-0.05, 0) is 47.4 Å². The van der Waals surface area contributed by atoms with E-state index < -0.39 is 0 Å². The van der Waals surface area contributed by atoms with E-state index in [0.717, 1.165) is 22.3 Å². The van der Waals surface area contributed by atoms with E-state index >= 15 is 0 Å². The van der Waals surface area contributed by atoms with Crippen LogP contribution in [0.5, 0.6) is 0 Å². The highest BCUT2D eigenvalue weighted by atomic mass is 14.3. The van der Waals surface area contributed by atoms with Crippen molar-refractivity contribution in [1.82, 2.24) is 0 Å². The molecule has 0 amide bonds. The van der Waals surface area contributed by atoms with E-state index in [1.165, 1.54) is 5.56 Å². The first kappa shape index (κ1) is 14.6. The predicted molar refractivity (Wildman–Crippen MR) is 91.5 cm³/mol. The summed E-state index contributed by atoms with van der Waals surface area (Å²) in [4.78, 5) is 0. The molecule has 0 spiro atoms. The molecule has 3 aromatic carbocycles. The van der Waals surface area contributed by atoms with Crippen LogP contribution < -0.4 is 0 Å². The number of hydrogen-bond acceptors (Lipinski definition) is 2. The van der Waals surface area contributed by atoms with Crippen LogP contribution in [0.2, 0.25) is 0 Å². The molecule has 0 aliphatic rings. The molecule has 2 nitrogen and oxygen atoms in total. The Hall–Kier alpha value is -3.36. The average Bonchev–Trinajstić information content (AvgIpc) is 2.61. The van der Waals surface area contributed by atoms with Gasteiger partial charge in [0, 0.05) is 5.56 Å². The molecule has 23 heavy (non-hydrogen) atoms. The molecule has 0 fully saturated rings. The first-order chi connectivity index (χ1) is 11.2. The Bertz CT molecular complexity index is 956. The van der Waals surface area contributed by atoms with E-state index in [0.29, 0.717) is 11.1 Å². The summed E-state index contributed by atoms with van der Waals surface area (Å²) in [6, 6.07) is 25.7. The van der Waals surface area contributed by atoms with Gasteiger partial charge in [-0.15, -0.1) is 0 Å². The Morgan fingerprint density at radius 3 is 1.87 bits per heavy atom. The van der Waals surface area contributed by atoms with Gasteiger partial charge in [0.2, 0.25) is 0 Å². The predicted octanol–water partition coefficient (Wildman–Crippen LogP) is 5.07. The molecule has 0 radical (unpaired) electrons. The third-order valence-electron chi connectivity index (χ3n) is 3.92. The largest absolute Gasteiger partial charge is 0.192 e. The molecular formula is C21H14N2. The van der Waals surface area contributed by atoms with Crippen LogP contribution in [0.3, 0.4) is 0 Å². The van der Waals surface area contributed by atoms with Gasteiger partial charge in [-0.3, -0.25) is 0 Å². The Balaban J connectivity index is 2.30. The maximum atomic E-state index is 9.43. The van der Waals surface area contributed by atoms with E-state index in [2.05, 4.69) is 37.3 Å². The molecule has 0 unspecified atom stereocenters. The number of rotatable bonds is 2. The lowest BCUT2D eigenvalue weighted by atomic mass is 9.89. The summed E-state index contributed by atoms with van der Waals surface area (Å²) in [6.07, 6.45) is 0. The van der Waals surface area contributed by atoms with Gasteiger partial charge in [0.05, 0.1) is 23.3 Å². The van der Waals surface area contributed by atoms with Crippen LogP contribution in [-0.2, 0) is 0 Å². The Morgan fingerprint density at radius 1 is 0.652 bits per heavy atom. The Labute approximate surface area is 135 Å². The van der Waals surface area contributed by atoms with Crippen molar-refractivity contribution < 1.29 is 0 Å². The average molecular weight is 294 g/mol. The summed E-state index contributed by atoms with van der Waals surface area (Å²) in [5.41, 5.74) is 6.27. The molecule has 0 atom stereocenters. The molecule has 0 bridgehead atoms. The second-order valence-corrected chi connectivity index (χ2v) is 5.34. The van der Waals surface area contributed by atoms with Crippen molar-refractivity contribution in [3.63, 3.8) is 0 Å². The normalized spacial score (nSPS) is 9.87. The standard InChI is InChI=1S/C21H14N2/c1-15-6-2-3-7-18(15)19-8-4-5-9-20(19)21-12-16(13-22)10-11-17(21)14-23/h2-12H,1H3. The van der Waals surface area contributed by atoms with Crippen LogP contribution in [0.25, 0.3) is 22.3 Å². The Morgan fingerprint density at radius 2 is 1.26 bits per heavy atom. The van der Waals surface area contributed by atoms with Crippen molar-refractivity contribution in [2.75, 3.05) is 0 Å². The van der Waals surface area contributed by atoms with Gasteiger partial charge in [0.15, 0.2) is 0 Å². The second-order valence-electron chi connectivity index (χ2n) is 5.34. The van der Waals surface area contributed by atoms with Crippen LogP contribution in [0.1, 0.15) is 16.7 Å². The van der Waals surface area contributed by atoms with Crippen molar-refractivity contribution in [2.24, 2.45) is 0 Å². The highest BCUT2D eigenvalue weighted by Crippen LogP contribution is 2.35. The van der Waals surface area contributed by atoms with Crippen molar-refractivity contribution in [2.45, 2.75) is 6.92 Å². The van der Waals surface area contributed by atoms with Gasteiger partial charge >= 0.3 is 0 Å². The maximum Gasteiger partial charge on any atom is 0.0998 e. The topological polar surface area (TPSA) is 47.6 Å². The number of hydrogen-bond donors (Lipinski definition) is 0. The SMILES string of the molecule is Cc1ccccc1-c1ccccc1-c1cc(C#N)ccc1C#N. The molecule has 0 aromatic heterocycles. The van der Waals surface area contributed by atoms with Gasteiger partial charge in [-0.25, -0.2) is 0 Å². The van der Waals surface area contributed by atoms with E-state index in [1.807, 2.05) is 30.3 Å². The van der Waals surface area contributed by atoms with Gasteiger partial charge in [-0.1, -0.05) is 48.5 Å². The van der Waals surface area contributed by atoms with Crippen LogP contribution >= 0.6 is 0 Å². The van der Waals surface area contributed by atoms with Crippen LogP contribution in [0.4, 0.5) is 0 Å². The van der Waals surface area contributed by atoms with Gasteiger partial charge in [0.25, 0.3) is 0 Å². The minimum atomic E-state index is 0.554. The lowest BCUT2D eigenvalue weighted by Gasteiger charge is -2.13. The van der Waals surface area contributed by atoms with E-state index in [9.17, 15) is 10.5 Å². The monoisotopic (exact) mass is 294 g/mol. The minimum absolute atomic E-state index is 0.554. The zero-order valence-electron chi connectivity index (χ0n) is 12.7. The molecule has 0 aliphatic carbocycles. The van der Waals surface area contributed by atoms with Crippen LogP contribution in [0.15, 0.2) is 66.7 Å². The zero-order valence-corrected chi connectivity index (χ0v) is 12.7. The van der Waals surface area contributed by atoms with Crippen molar-refractivity contribution in [3.05, 3.63) is 83.4 Å². The number of nitrogens with zero attached hydrogens (tertiary/aromatic N) is 2. The van der Waals surface area contributed by atoms with Crippen molar-refractivity contribution in [3.8, 4) is 34.4 Å². The number of aryl methyl sites for hydroxylation is 1. The van der Waals surface area contributed by atoms with E-state index in [-0.39, 0.29) is 0 Å². The molecule has 0 saturated carbocycles. The molecule has 0 aliphatic heterocycles. The molecule has 0 heterocycles. The summed E-state index contributed by atoms with van der Waals surface area (Å²) in [7, 11) is 0. The summed E-state index contributed by atoms with van der Waals surface area (Å²) < 4.78 is 0. The Kier molecular flexibility index (Phi) is 3.91. The second kappa shape index (κ2) is 6.18. The quantitative estimate of drug-likeness (QED) is 0.662. The summed E-state index contributed by atoms with van der Waals surface area (Å²) >= 11 is 0. The van der Waals surface area contributed by atoms with Gasteiger partial charge < -0.3 is 0 Å². The highest BCUT2D eigenvalue weighted by molar-refractivity contribution is 5.87. The third kappa shape index (κ3) is 2.71. The number of benzene rings is 3. The van der Waals surface area contributed by atoms with Crippen molar-refractivity contribution >= 4 is 0 Å². The minimum Gasteiger partial charge on any atom is -0.192 e. The van der Waals surface area contributed by atoms with E-state index in [4.69, 9.17) is 0 Å². The smallest absolute Gasteiger partial charge is 0.0998 e. The first-order valence-corrected chi connectivity index (χ1v) is 7.34. The van der Waals surface area contributed by atoms with Crippen LogP contribution in [-0.4, -0.2) is 0 Å². The fourth-order valence-electron chi connectivity index (χ4n) is 2.76. The molecule has 108 valence electrons. The highest BCUT2D eigenvalue weighted by Gasteiger charge is 2.12.